The fraction of sp³-hybridized carbons (Fsp3) is 0.583. The Morgan fingerprint density at radius 1 is 1.56 bits per heavy atom. The Hall–Kier alpha value is -0.870. The van der Waals surface area contributed by atoms with Gasteiger partial charge in [0.25, 0.3) is 5.91 Å². The number of rotatable bonds is 1. The number of ether oxygens (including phenoxy) is 1. The second kappa shape index (κ2) is 3.86. The average Bonchev–Trinajstić information content (AvgIpc) is 2.89. The highest BCUT2D eigenvalue weighted by Gasteiger charge is 2.42. The molecule has 86 valence electrons. The zero-order valence-corrected chi connectivity index (χ0v) is 10.1. The Morgan fingerprint density at radius 3 is 3.12 bits per heavy atom. The smallest absolute Gasteiger partial charge is 0.254 e. The molecule has 0 spiro atoms. The quantitative estimate of drug-likeness (QED) is 0.747. The van der Waals surface area contributed by atoms with Gasteiger partial charge < -0.3 is 9.64 Å². The van der Waals surface area contributed by atoms with E-state index in [1.165, 1.54) is 0 Å². The third kappa shape index (κ3) is 1.66. The molecule has 0 N–H and O–H groups in total. The maximum absolute atomic E-state index is 12.1. The first kappa shape index (κ1) is 10.3. The lowest BCUT2D eigenvalue weighted by molar-refractivity contribution is 0.0443. The molecule has 16 heavy (non-hydrogen) atoms. The van der Waals surface area contributed by atoms with Crippen molar-refractivity contribution in [2.75, 3.05) is 13.1 Å². The van der Waals surface area contributed by atoms with E-state index in [4.69, 9.17) is 4.74 Å². The fourth-order valence-corrected chi connectivity index (χ4v) is 3.37. The second-order valence-electron chi connectivity index (χ2n) is 4.70. The largest absolute Gasteiger partial charge is 0.373 e. The third-order valence-electron chi connectivity index (χ3n) is 3.48. The van der Waals surface area contributed by atoms with Crippen molar-refractivity contribution in [3.05, 3.63) is 22.4 Å². The van der Waals surface area contributed by atoms with Gasteiger partial charge in [-0.1, -0.05) is 0 Å². The van der Waals surface area contributed by atoms with E-state index in [1.807, 2.05) is 21.7 Å². The summed E-state index contributed by atoms with van der Waals surface area (Å²) in [6.07, 6.45) is 1.74. The van der Waals surface area contributed by atoms with Crippen LogP contribution in [0.2, 0.25) is 0 Å². The van der Waals surface area contributed by atoms with Gasteiger partial charge in [0.05, 0.1) is 17.8 Å². The van der Waals surface area contributed by atoms with E-state index in [2.05, 4.69) is 6.92 Å². The van der Waals surface area contributed by atoms with Crippen LogP contribution in [0.15, 0.2) is 16.8 Å². The van der Waals surface area contributed by atoms with Crippen LogP contribution in [0.4, 0.5) is 0 Å². The minimum absolute atomic E-state index is 0.159. The van der Waals surface area contributed by atoms with Crippen molar-refractivity contribution in [3.8, 4) is 0 Å². The van der Waals surface area contributed by atoms with Gasteiger partial charge in [-0.15, -0.1) is 0 Å². The lowest BCUT2D eigenvalue weighted by Gasteiger charge is -2.17. The minimum Gasteiger partial charge on any atom is -0.373 e. The van der Waals surface area contributed by atoms with Crippen molar-refractivity contribution in [3.63, 3.8) is 0 Å². The molecule has 2 fully saturated rings. The first-order valence-electron chi connectivity index (χ1n) is 5.71. The lowest BCUT2D eigenvalue weighted by Crippen LogP contribution is -2.30. The molecular formula is C12H15NO2S. The molecule has 2 aliphatic rings. The number of hydrogen-bond acceptors (Lipinski definition) is 3. The monoisotopic (exact) mass is 237 g/mol. The summed E-state index contributed by atoms with van der Waals surface area (Å²) in [4.78, 5) is 14.0. The SMILES string of the molecule is C[C@@H]1C[C@H]2CN(C(=O)c3ccsc3)C[C@H]2O1. The topological polar surface area (TPSA) is 29.5 Å². The number of likely N-dealkylation sites (tertiary alicyclic amines) is 1. The highest BCUT2D eigenvalue weighted by atomic mass is 32.1. The van der Waals surface area contributed by atoms with Gasteiger partial charge in [0.1, 0.15) is 0 Å². The Morgan fingerprint density at radius 2 is 2.44 bits per heavy atom. The molecule has 1 amide bonds. The molecule has 0 radical (unpaired) electrons. The van der Waals surface area contributed by atoms with Gasteiger partial charge in [-0.3, -0.25) is 4.79 Å². The van der Waals surface area contributed by atoms with E-state index in [0.29, 0.717) is 12.0 Å². The first-order valence-corrected chi connectivity index (χ1v) is 6.65. The predicted molar refractivity (Wildman–Crippen MR) is 62.7 cm³/mol. The third-order valence-corrected chi connectivity index (χ3v) is 4.16. The van der Waals surface area contributed by atoms with Crippen molar-refractivity contribution in [2.45, 2.75) is 25.6 Å². The predicted octanol–water partition coefficient (Wildman–Crippen LogP) is 2.00. The number of carbonyl (C=O) groups excluding carboxylic acids is 1. The zero-order valence-electron chi connectivity index (χ0n) is 9.26. The average molecular weight is 237 g/mol. The molecular weight excluding hydrogens is 222 g/mol. The summed E-state index contributed by atoms with van der Waals surface area (Å²) in [5.41, 5.74) is 0.818. The van der Waals surface area contributed by atoms with Crippen LogP contribution in [0, 0.1) is 5.92 Å². The number of nitrogens with zero attached hydrogens (tertiary/aromatic N) is 1. The van der Waals surface area contributed by atoms with Crippen LogP contribution in [0.3, 0.4) is 0 Å². The molecule has 4 heteroatoms. The summed E-state index contributed by atoms with van der Waals surface area (Å²) in [6.45, 7) is 3.75. The van der Waals surface area contributed by atoms with E-state index >= 15 is 0 Å². The molecule has 3 heterocycles. The first-order chi connectivity index (χ1) is 7.74. The van der Waals surface area contributed by atoms with Crippen LogP contribution in [0.5, 0.6) is 0 Å². The van der Waals surface area contributed by atoms with Gasteiger partial charge in [0.2, 0.25) is 0 Å². The summed E-state index contributed by atoms with van der Waals surface area (Å²) < 4.78 is 5.79. The molecule has 3 rings (SSSR count). The van der Waals surface area contributed by atoms with E-state index in [0.717, 1.165) is 25.1 Å². The molecule has 0 bridgehead atoms. The van der Waals surface area contributed by atoms with Gasteiger partial charge in [0, 0.05) is 24.4 Å². The maximum Gasteiger partial charge on any atom is 0.254 e. The van der Waals surface area contributed by atoms with Gasteiger partial charge in [-0.2, -0.15) is 11.3 Å². The van der Waals surface area contributed by atoms with Crippen LogP contribution in [0.25, 0.3) is 0 Å². The molecule has 0 saturated carbocycles. The number of fused-ring (bicyclic) bond motifs is 1. The van der Waals surface area contributed by atoms with Crippen LogP contribution in [-0.2, 0) is 4.74 Å². The van der Waals surface area contributed by atoms with Gasteiger partial charge in [-0.25, -0.2) is 0 Å². The molecule has 3 nitrogen and oxygen atoms in total. The normalized spacial score (nSPS) is 33.1. The number of hydrogen-bond donors (Lipinski definition) is 0. The highest BCUT2D eigenvalue weighted by Crippen LogP contribution is 2.33. The van der Waals surface area contributed by atoms with Crippen LogP contribution in [0.1, 0.15) is 23.7 Å². The van der Waals surface area contributed by atoms with Crippen LogP contribution in [-0.4, -0.2) is 36.1 Å². The fourth-order valence-electron chi connectivity index (χ4n) is 2.74. The standard InChI is InChI=1S/C12H15NO2S/c1-8-4-10-5-13(6-11(10)15-8)12(14)9-2-3-16-7-9/h2-3,7-8,10-11H,4-6H2,1H3/t8-,10+,11-/m1/s1. The van der Waals surface area contributed by atoms with Crippen molar-refractivity contribution < 1.29 is 9.53 Å². The molecule has 1 aromatic rings. The van der Waals surface area contributed by atoms with E-state index < -0.39 is 0 Å². The van der Waals surface area contributed by atoms with E-state index in [-0.39, 0.29) is 12.0 Å². The zero-order chi connectivity index (χ0) is 11.1. The summed E-state index contributed by atoms with van der Waals surface area (Å²) in [5, 5.41) is 3.86. The Balaban J connectivity index is 1.69. The summed E-state index contributed by atoms with van der Waals surface area (Å²) in [7, 11) is 0. The van der Waals surface area contributed by atoms with Crippen molar-refractivity contribution in [2.24, 2.45) is 5.92 Å². The second-order valence-corrected chi connectivity index (χ2v) is 5.48. The summed E-state index contributed by atoms with van der Waals surface area (Å²) >= 11 is 1.57. The molecule has 0 unspecified atom stereocenters. The molecule has 2 saturated heterocycles. The van der Waals surface area contributed by atoms with Gasteiger partial charge in [-0.05, 0) is 24.8 Å². The van der Waals surface area contributed by atoms with E-state index in [1.54, 1.807) is 11.3 Å². The summed E-state index contributed by atoms with van der Waals surface area (Å²) in [5.74, 6) is 0.712. The molecule has 0 aliphatic carbocycles. The minimum atomic E-state index is 0.159. The molecule has 2 aliphatic heterocycles. The van der Waals surface area contributed by atoms with Crippen LogP contribution >= 0.6 is 11.3 Å². The highest BCUT2D eigenvalue weighted by molar-refractivity contribution is 7.08. The van der Waals surface area contributed by atoms with Crippen molar-refractivity contribution in [1.29, 1.82) is 0 Å². The number of amides is 1. The molecule has 3 atom stereocenters. The van der Waals surface area contributed by atoms with Crippen LogP contribution < -0.4 is 0 Å². The number of thiophene rings is 1. The molecule has 0 aromatic carbocycles. The Bertz CT molecular complexity index is 376. The molecule has 1 aromatic heterocycles. The van der Waals surface area contributed by atoms with E-state index in [9.17, 15) is 4.79 Å². The lowest BCUT2D eigenvalue weighted by atomic mass is 10.0. The summed E-state index contributed by atoms with van der Waals surface area (Å²) in [6, 6.07) is 1.89. The maximum atomic E-state index is 12.1. The van der Waals surface area contributed by atoms with Crippen molar-refractivity contribution >= 4 is 17.2 Å². The van der Waals surface area contributed by atoms with Crippen molar-refractivity contribution in [1.82, 2.24) is 4.90 Å². The Kier molecular flexibility index (Phi) is 2.48. The Labute approximate surface area is 99.0 Å². The number of carbonyl (C=O) groups is 1. The van der Waals surface area contributed by atoms with Gasteiger partial charge >= 0.3 is 0 Å². The van der Waals surface area contributed by atoms with Gasteiger partial charge in [0.15, 0.2) is 0 Å².